The second kappa shape index (κ2) is 9.27. The Morgan fingerprint density at radius 3 is 2.46 bits per heavy atom. The van der Waals surface area contributed by atoms with E-state index in [9.17, 15) is 9.59 Å². The average molecular weight is 353 g/mol. The summed E-state index contributed by atoms with van der Waals surface area (Å²) in [5.41, 5.74) is 1.93. The summed E-state index contributed by atoms with van der Waals surface area (Å²) in [4.78, 5) is 25.5. The zero-order chi connectivity index (χ0) is 18.9. The van der Waals surface area contributed by atoms with Gasteiger partial charge in [0.15, 0.2) is 0 Å². The molecule has 0 spiro atoms. The highest BCUT2D eigenvalue weighted by atomic mass is 16.5. The lowest BCUT2D eigenvalue weighted by Crippen LogP contribution is -2.23. The molecule has 0 fully saturated rings. The van der Waals surface area contributed by atoms with E-state index >= 15 is 0 Å². The summed E-state index contributed by atoms with van der Waals surface area (Å²) in [6.07, 6.45) is 1.66. The van der Waals surface area contributed by atoms with Gasteiger partial charge in [-0.2, -0.15) is 0 Å². The van der Waals surface area contributed by atoms with E-state index in [0.29, 0.717) is 23.6 Å². The molecule has 0 unspecified atom stereocenters. The zero-order valence-electron chi connectivity index (χ0n) is 15.0. The van der Waals surface area contributed by atoms with E-state index in [1.165, 1.54) is 4.90 Å². The zero-order valence-corrected chi connectivity index (χ0v) is 15.0. The van der Waals surface area contributed by atoms with Crippen molar-refractivity contribution < 1.29 is 14.3 Å². The van der Waals surface area contributed by atoms with Gasteiger partial charge >= 0.3 is 0 Å². The Kier molecular flexibility index (Phi) is 6.79. The van der Waals surface area contributed by atoms with E-state index in [-0.39, 0.29) is 18.4 Å². The van der Waals surface area contributed by atoms with Crippen molar-refractivity contribution in [2.75, 3.05) is 37.9 Å². The summed E-state index contributed by atoms with van der Waals surface area (Å²) in [7, 11) is 3.39. The highest BCUT2D eigenvalue weighted by Crippen LogP contribution is 2.23. The molecule has 2 aromatic carbocycles. The number of nitrogens with one attached hydrogen (secondary N) is 2. The fraction of sp³-hybridized carbons (Fsp3) is 0.200. The number of hydrogen-bond acceptors (Lipinski definition) is 4. The van der Waals surface area contributed by atoms with Crippen molar-refractivity contribution in [3.8, 4) is 5.75 Å². The molecule has 26 heavy (non-hydrogen) atoms. The van der Waals surface area contributed by atoms with Crippen LogP contribution in [0.1, 0.15) is 10.4 Å². The number of ether oxygens (including phenoxy) is 1. The van der Waals surface area contributed by atoms with E-state index in [1.807, 2.05) is 24.3 Å². The fourth-order valence-corrected chi connectivity index (χ4v) is 2.22. The second-order valence-electron chi connectivity index (χ2n) is 5.77. The largest absolute Gasteiger partial charge is 0.487 e. The lowest BCUT2D eigenvalue weighted by atomic mass is 10.2. The number of hydrogen-bond donors (Lipinski definition) is 2. The third-order valence-corrected chi connectivity index (χ3v) is 3.50. The Labute approximate surface area is 153 Å². The highest BCUT2D eigenvalue weighted by Gasteiger charge is 2.09. The third kappa shape index (κ3) is 5.37. The van der Waals surface area contributed by atoms with Gasteiger partial charge in [0, 0.05) is 25.3 Å². The summed E-state index contributed by atoms with van der Waals surface area (Å²) < 4.78 is 5.54. The molecule has 0 aliphatic heterocycles. The lowest BCUT2D eigenvalue weighted by Gasteiger charge is -2.13. The maximum atomic E-state index is 12.1. The van der Waals surface area contributed by atoms with E-state index in [0.717, 1.165) is 5.69 Å². The van der Waals surface area contributed by atoms with Crippen molar-refractivity contribution in [1.82, 2.24) is 4.90 Å². The predicted octanol–water partition coefficient (Wildman–Crippen LogP) is 3.00. The molecule has 6 heteroatoms. The molecule has 2 aromatic rings. The van der Waals surface area contributed by atoms with Gasteiger partial charge < -0.3 is 20.3 Å². The molecule has 0 atom stereocenters. The molecule has 136 valence electrons. The molecular weight excluding hydrogens is 330 g/mol. The van der Waals surface area contributed by atoms with Gasteiger partial charge in [0.25, 0.3) is 5.91 Å². The number of carbonyl (C=O) groups excluding carboxylic acids is 2. The number of rotatable bonds is 8. The number of para-hydroxylation sites is 2. The van der Waals surface area contributed by atoms with Gasteiger partial charge in [-0.1, -0.05) is 24.8 Å². The van der Waals surface area contributed by atoms with Crippen LogP contribution >= 0.6 is 0 Å². The van der Waals surface area contributed by atoms with Gasteiger partial charge in [0.1, 0.15) is 12.4 Å². The molecule has 2 N–H and O–H groups in total. The average Bonchev–Trinajstić information content (AvgIpc) is 2.65. The van der Waals surface area contributed by atoms with Gasteiger partial charge in [0.05, 0.1) is 12.2 Å². The number of carbonyl (C=O) groups is 2. The SMILES string of the molecule is C=CCOc1ccccc1NCC(=O)Nc1ccc(C(=O)N(C)C)cc1. The Morgan fingerprint density at radius 2 is 1.81 bits per heavy atom. The summed E-state index contributed by atoms with van der Waals surface area (Å²) in [6.45, 7) is 4.10. The van der Waals surface area contributed by atoms with Crippen LogP contribution in [0, 0.1) is 0 Å². The van der Waals surface area contributed by atoms with Crippen molar-refractivity contribution in [3.63, 3.8) is 0 Å². The third-order valence-electron chi connectivity index (χ3n) is 3.50. The summed E-state index contributed by atoms with van der Waals surface area (Å²) in [5.74, 6) is 0.377. The predicted molar refractivity (Wildman–Crippen MR) is 104 cm³/mol. The van der Waals surface area contributed by atoms with Crippen LogP contribution in [-0.4, -0.2) is 44.0 Å². The van der Waals surface area contributed by atoms with E-state index in [1.54, 1.807) is 44.4 Å². The van der Waals surface area contributed by atoms with Crippen molar-refractivity contribution in [3.05, 3.63) is 66.7 Å². The van der Waals surface area contributed by atoms with E-state index in [2.05, 4.69) is 17.2 Å². The Bertz CT molecular complexity index is 770. The first-order valence-corrected chi connectivity index (χ1v) is 8.19. The molecular formula is C20H23N3O3. The molecule has 0 bridgehead atoms. The smallest absolute Gasteiger partial charge is 0.253 e. The summed E-state index contributed by atoms with van der Waals surface area (Å²) in [6, 6.07) is 14.2. The highest BCUT2D eigenvalue weighted by molar-refractivity contribution is 5.96. The van der Waals surface area contributed by atoms with Crippen molar-refractivity contribution in [2.45, 2.75) is 0 Å². The van der Waals surface area contributed by atoms with Crippen LogP contribution in [0.25, 0.3) is 0 Å². The van der Waals surface area contributed by atoms with Crippen LogP contribution in [0.4, 0.5) is 11.4 Å². The van der Waals surface area contributed by atoms with Crippen LogP contribution in [0.5, 0.6) is 5.75 Å². The van der Waals surface area contributed by atoms with Gasteiger partial charge in [-0.25, -0.2) is 0 Å². The first kappa shape index (κ1) is 19.1. The van der Waals surface area contributed by atoms with Crippen LogP contribution in [0.2, 0.25) is 0 Å². The van der Waals surface area contributed by atoms with E-state index < -0.39 is 0 Å². The summed E-state index contributed by atoms with van der Waals surface area (Å²) >= 11 is 0. The van der Waals surface area contributed by atoms with Crippen molar-refractivity contribution >= 4 is 23.2 Å². The minimum atomic E-state index is -0.199. The molecule has 2 amide bonds. The lowest BCUT2D eigenvalue weighted by molar-refractivity contribution is -0.114. The molecule has 0 aromatic heterocycles. The number of anilines is 2. The Morgan fingerprint density at radius 1 is 1.12 bits per heavy atom. The maximum Gasteiger partial charge on any atom is 0.253 e. The molecule has 0 aliphatic rings. The minimum Gasteiger partial charge on any atom is -0.487 e. The first-order valence-electron chi connectivity index (χ1n) is 8.19. The van der Waals surface area contributed by atoms with E-state index in [4.69, 9.17) is 4.74 Å². The monoisotopic (exact) mass is 353 g/mol. The molecule has 0 radical (unpaired) electrons. The first-order chi connectivity index (χ1) is 12.5. The molecule has 6 nitrogen and oxygen atoms in total. The normalized spacial score (nSPS) is 9.92. The maximum absolute atomic E-state index is 12.1. The van der Waals surface area contributed by atoms with Gasteiger partial charge in [-0.3, -0.25) is 9.59 Å². The minimum absolute atomic E-state index is 0.0827. The topological polar surface area (TPSA) is 70.7 Å². The van der Waals surface area contributed by atoms with Crippen molar-refractivity contribution in [1.29, 1.82) is 0 Å². The van der Waals surface area contributed by atoms with Gasteiger partial charge in [-0.05, 0) is 36.4 Å². The second-order valence-corrected chi connectivity index (χ2v) is 5.77. The number of amides is 2. The van der Waals surface area contributed by atoms with Gasteiger partial charge in [-0.15, -0.1) is 0 Å². The van der Waals surface area contributed by atoms with Crippen LogP contribution in [0.3, 0.4) is 0 Å². The molecule has 0 aliphatic carbocycles. The molecule has 0 heterocycles. The van der Waals surface area contributed by atoms with Gasteiger partial charge in [0.2, 0.25) is 5.91 Å². The quantitative estimate of drug-likeness (QED) is 0.716. The molecule has 0 saturated heterocycles. The Hall–Kier alpha value is -3.28. The molecule has 0 saturated carbocycles. The molecule has 2 rings (SSSR count). The summed E-state index contributed by atoms with van der Waals surface area (Å²) in [5, 5.41) is 5.84. The van der Waals surface area contributed by atoms with Crippen LogP contribution in [0.15, 0.2) is 61.2 Å². The fourth-order valence-electron chi connectivity index (χ4n) is 2.22. The van der Waals surface area contributed by atoms with Crippen LogP contribution < -0.4 is 15.4 Å². The standard InChI is InChI=1S/C20H23N3O3/c1-4-13-26-18-8-6-5-7-17(18)21-14-19(24)22-16-11-9-15(10-12-16)20(25)23(2)3/h4-12,21H,1,13-14H2,2-3H3,(H,22,24). The van der Waals surface area contributed by atoms with Crippen molar-refractivity contribution in [2.24, 2.45) is 0 Å². The van der Waals surface area contributed by atoms with Crippen LogP contribution in [-0.2, 0) is 4.79 Å². The Balaban J connectivity index is 1.91. The number of nitrogens with zero attached hydrogens (tertiary/aromatic N) is 1. The number of benzene rings is 2.